The second kappa shape index (κ2) is 6.45. The molecule has 4 heteroatoms. The van der Waals surface area contributed by atoms with E-state index in [4.69, 9.17) is 5.73 Å². The first kappa shape index (κ1) is 15.1. The van der Waals surface area contributed by atoms with E-state index in [1.54, 1.807) is 0 Å². The van der Waals surface area contributed by atoms with Gasteiger partial charge in [0.2, 0.25) is 5.91 Å². The average Bonchev–Trinajstić information content (AvgIpc) is 3.04. The normalized spacial score (nSPS) is 40.2. The van der Waals surface area contributed by atoms with Crippen molar-refractivity contribution in [3.05, 3.63) is 0 Å². The lowest BCUT2D eigenvalue weighted by Gasteiger charge is -2.22. The van der Waals surface area contributed by atoms with Crippen LogP contribution in [0.2, 0.25) is 0 Å². The Hall–Kier alpha value is -0.280. The van der Waals surface area contributed by atoms with Crippen LogP contribution in [0.3, 0.4) is 0 Å². The van der Waals surface area contributed by atoms with E-state index in [0.717, 1.165) is 43.6 Å². The van der Waals surface area contributed by atoms with Crippen molar-refractivity contribution >= 4 is 18.3 Å². The van der Waals surface area contributed by atoms with Gasteiger partial charge in [0.05, 0.1) is 0 Å². The van der Waals surface area contributed by atoms with Gasteiger partial charge in [0, 0.05) is 18.5 Å². The fourth-order valence-electron chi connectivity index (χ4n) is 4.51. The summed E-state index contributed by atoms with van der Waals surface area (Å²) in [6.45, 7) is 0.887. The molecule has 3 fully saturated rings. The van der Waals surface area contributed by atoms with Crippen molar-refractivity contribution in [3.63, 3.8) is 0 Å². The Morgan fingerprint density at radius 2 is 1.95 bits per heavy atom. The molecule has 0 aliphatic heterocycles. The molecule has 2 bridgehead atoms. The average molecular weight is 287 g/mol. The molecule has 3 saturated carbocycles. The highest BCUT2D eigenvalue weighted by molar-refractivity contribution is 5.85. The van der Waals surface area contributed by atoms with Crippen molar-refractivity contribution in [1.29, 1.82) is 0 Å². The quantitative estimate of drug-likeness (QED) is 0.834. The monoisotopic (exact) mass is 286 g/mol. The molecular formula is C15H27ClN2O. The van der Waals surface area contributed by atoms with Crippen molar-refractivity contribution in [2.75, 3.05) is 6.54 Å². The molecule has 0 aromatic heterocycles. The van der Waals surface area contributed by atoms with E-state index < -0.39 is 0 Å². The Labute approximate surface area is 122 Å². The molecule has 0 saturated heterocycles. The third-order valence-corrected chi connectivity index (χ3v) is 5.54. The van der Waals surface area contributed by atoms with Crippen molar-refractivity contribution in [1.82, 2.24) is 5.32 Å². The standard InChI is InChI=1S/C15H26N2O.ClH/c16-14-4-3-13(9-14)15(18)17-6-5-12-8-10-1-2-11(12)7-10;/h10-14H,1-9,16H2,(H,17,18);1H. The molecule has 110 valence electrons. The lowest BCUT2D eigenvalue weighted by atomic mass is 9.86. The van der Waals surface area contributed by atoms with Gasteiger partial charge in [-0.1, -0.05) is 6.42 Å². The second-order valence-corrected chi connectivity index (χ2v) is 6.78. The van der Waals surface area contributed by atoms with Crippen LogP contribution in [-0.4, -0.2) is 18.5 Å². The highest BCUT2D eigenvalue weighted by Gasteiger charge is 2.39. The SMILES string of the molecule is Cl.NC1CCC(C(=O)NCCC2CC3CCC2C3)C1. The van der Waals surface area contributed by atoms with Crippen LogP contribution in [-0.2, 0) is 4.79 Å². The molecule has 0 spiro atoms. The van der Waals surface area contributed by atoms with Crippen LogP contribution in [0.25, 0.3) is 0 Å². The molecule has 0 aromatic carbocycles. The predicted octanol–water partition coefficient (Wildman–Crippen LogP) is 2.48. The van der Waals surface area contributed by atoms with Gasteiger partial charge in [0.1, 0.15) is 0 Å². The number of rotatable bonds is 4. The fraction of sp³-hybridized carbons (Fsp3) is 0.933. The molecule has 0 radical (unpaired) electrons. The van der Waals surface area contributed by atoms with E-state index in [1.807, 2.05) is 0 Å². The first-order valence-corrected chi connectivity index (χ1v) is 7.75. The Kier molecular flexibility index (Phi) is 5.13. The van der Waals surface area contributed by atoms with Crippen LogP contribution < -0.4 is 11.1 Å². The van der Waals surface area contributed by atoms with Crippen molar-refractivity contribution in [3.8, 4) is 0 Å². The number of fused-ring (bicyclic) bond motifs is 2. The Morgan fingerprint density at radius 1 is 1.11 bits per heavy atom. The number of hydrogen-bond donors (Lipinski definition) is 2. The third kappa shape index (κ3) is 3.43. The van der Waals surface area contributed by atoms with E-state index in [-0.39, 0.29) is 30.3 Å². The zero-order valence-electron chi connectivity index (χ0n) is 11.6. The van der Waals surface area contributed by atoms with Gasteiger partial charge in [-0.25, -0.2) is 0 Å². The number of amides is 1. The van der Waals surface area contributed by atoms with Gasteiger partial charge in [-0.2, -0.15) is 0 Å². The number of hydrogen-bond acceptors (Lipinski definition) is 2. The van der Waals surface area contributed by atoms with Crippen LogP contribution in [0.15, 0.2) is 0 Å². The topological polar surface area (TPSA) is 55.1 Å². The van der Waals surface area contributed by atoms with Crippen LogP contribution >= 0.6 is 12.4 Å². The predicted molar refractivity (Wildman–Crippen MR) is 79.1 cm³/mol. The van der Waals surface area contributed by atoms with Crippen molar-refractivity contribution < 1.29 is 4.79 Å². The fourth-order valence-corrected chi connectivity index (χ4v) is 4.51. The van der Waals surface area contributed by atoms with Gasteiger partial charge < -0.3 is 11.1 Å². The summed E-state index contributed by atoms with van der Waals surface area (Å²) in [6.07, 6.45) is 9.90. The highest BCUT2D eigenvalue weighted by atomic mass is 35.5. The largest absolute Gasteiger partial charge is 0.356 e. The molecule has 3 N–H and O–H groups in total. The third-order valence-electron chi connectivity index (χ3n) is 5.54. The Morgan fingerprint density at radius 3 is 2.53 bits per heavy atom. The van der Waals surface area contributed by atoms with E-state index in [2.05, 4.69) is 5.32 Å². The lowest BCUT2D eigenvalue weighted by molar-refractivity contribution is -0.124. The highest BCUT2D eigenvalue weighted by Crippen LogP contribution is 2.49. The van der Waals surface area contributed by atoms with Crippen molar-refractivity contribution in [2.24, 2.45) is 29.4 Å². The van der Waals surface area contributed by atoms with Gasteiger partial charge in [-0.15, -0.1) is 12.4 Å². The van der Waals surface area contributed by atoms with Crippen molar-refractivity contribution in [2.45, 2.75) is 57.4 Å². The van der Waals surface area contributed by atoms with E-state index in [9.17, 15) is 4.79 Å². The summed E-state index contributed by atoms with van der Waals surface area (Å²) in [5.41, 5.74) is 5.85. The van der Waals surface area contributed by atoms with E-state index >= 15 is 0 Å². The molecule has 5 atom stereocenters. The molecule has 19 heavy (non-hydrogen) atoms. The first-order chi connectivity index (χ1) is 8.72. The number of nitrogens with two attached hydrogens (primary N) is 1. The number of carbonyl (C=O) groups excluding carboxylic acids is 1. The van der Waals surface area contributed by atoms with E-state index in [1.165, 1.54) is 32.1 Å². The number of carbonyl (C=O) groups is 1. The summed E-state index contributed by atoms with van der Waals surface area (Å²) in [5.74, 6) is 3.34. The minimum atomic E-state index is 0. The first-order valence-electron chi connectivity index (χ1n) is 7.75. The lowest BCUT2D eigenvalue weighted by Crippen LogP contribution is -2.32. The maximum atomic E-state index is 12.0. The smallest absolute Gasteiger partial charge is 0.223 e. The van der Waals surface area contributed by atoms with Gasteiger partial charge in [-0.05, 0) is 62.7 Å². The zero-order chi connectivity index (χ0) is 12.5. The molecule has 3 nitrogen and oxygen atoms in total. The molecule has 1 amide bonds. The molecule has 5 unspecified atom stereocenters. The maximum Gasteiger partial charge on any atom is 0.223 e. The second-order valence-electron chi connectivity index (χ2n) is 6.78. The summed E-state index contributed by atoms with van der Waals surface area (Å²) in [5, 5.41) is 3.14. The van der Waals surface area contributed by atoms with Crippen LogP contribution in [0.1, 0.15) is 51.4 Å². The molecule has 3 aliphatic carbocycles. The molecule has 3 rings (SSSR count). The zero-order valence-corrected chi connectivity index (χ0v) is 12.5. The maximum absolute atomic E-state index is 12.0. The summed E-state index contributed by atoms with van der Waals surface area (Å²) in [4.78, 5) is 12.0. The number of nitrogens with one attached hydrogen (secondary N) is 1. The minimum Gasteiger partial charge on any atom is -0.356 e. The van der Waals surface area contributed by atoms with Crippen LogP contribution in [0, 0.1) is 23.7 Å². The van der Waals surface area contributed by atoms with Crippen LogP contribution in [0.5, 0.6) is 0 Å². The summed E-state index contributed by atoms with van der Waals surface area (Å²) >= 11 is 0. The van der Waals surface area contributed by atoms with E-state index in [0.29, 0.717) is 0 Å². The molecule has 3 aliphatic rings. The molecule has 0 aromatic rings. The molecular weight excluding hydrogens is 260 g/mol. The van der Waals surface area contributed by atoms with Crippen LogP contribution in [0.4, 0.5) is 0 Å². The summed E-state index contributed by atoms with van der Waals surface area (Å²) < 4.78 is 0. The summed E-state index contributed by atoms with van der Waals surface area (Å²) in [6, 6.07) is 0.256. The Balaban J connectivity index is 0.00000133. The minimum absolute atomic E-state index is 0. The van der Waals surface area contributed by atoms with Gasteiger partial charge >= 0.3 is 0 Å². The number of halogens is 1. The summed E-state index contributed by atoms with van der Waals surface area (Å²) in [7, 11) is 0. The molecule has 0 heterocycles. The Bertz CT molecular complexity index is 323. The van der Waals surface area contributed by atoms with Gasteiger partial charge in [0.25, 0.3) is 0 Å². The van der Waals surface area contributed by atoms with Gasteiger partial charge in [0.15, 0.2) is 0 Å². The van der Waals surface area contributed by atoms with Gasteiger partial charge in [-0.3, -0.25) is 4.79 Å².